The van der Waals surface area contributed by atoms with Gasteiger partial charge in [-0.1, -0.05) is 0 Å². The van der Waals surface area contributed by atoms with Gasteiger partial charge in [0.1, 0.15) is 0 Å². The van der Waals surface area contributed by atoms with Crippen molar-refractivity contribution >= 4 is 0 Å². The molecule has 0 N–H and O–H groups in total. The predicted molar refractivity (Wildman–Crippen MR) is 90.9 cm³/mol. The minimum absolute atomic E-state index is 0.728. The average Bonchev–Trinajstić information content (AvgIpc) is 2.47. The molecule has 0 amide bonds. The van der Waals surface area contributed by atoms with Crippen LogP contribution in [0, 0.1) is 5.92 Å². The molecule has 2 saturated heterocycles. The van der Waals surface area contributed by atoms with Gasteiger partial charge in [0.25, 0.3) is 0 Å². The van der Waals surface area contributed by atoms with Gasteiger partial charge in [0.05, 0.1) is 0 Å². The second-order valence-corrected chi connectivity index (χ2v) is 7.52. The van der Waals surface area contributed by atoms with Crippen LogP contribution >= 0.6 is 0 Å². The van der Waals surface area contributed by atoms with Crippen LogP contribution in [0.25, 0.3) is 0 Å². The fraction of sp³-hybridized carbons (Fsp3) is 1.00. The standard InChI is InChI=1S/C17H36N4/c1-16(2)21-7-5-17(6-8-21)15-20-13-11-19(12-14-20)10-9-18(3)4/h16-17H,5-15H2,1-4H3. The number of nitrogens with zero attached hydrogens (tertiary/aromatic N) is 4. The molecule has 0 aromatic heterocycles. The Bertz CT molecular complexity index is 277. The highest BCUT2D eigenvalue weighted by atomic mass is 15.3. The summed E-state index contributed by atoms with van der Waals surface area (Å²) in [5, 5.41) is 0. The van der Waals surface area contributed by atoms with Crippen LogP contribution in [0.2, 0.25) is 0 Å². The van der Waals surface area contributed by atoms with Gasteiger partial charge >= 0.3 is 0 Å². The molecular weight excluding hydrogens is 260 g/mol. The summed E-state index contributed by atoms with van der Waals surface area (Å²) in [6.45, 7) is 16.1. The van der Waals surface area contributed by atoms with E-state index in [0.717, 1.165) is 12.0 Å². The molecule has 0 radical (unpaired) electrons. The van der Waals surface area contributed by atoms with Crippen LogP contribution in [0.5, 0.6) is 0 Å². The summed E-state index contributed by atoms with van der Waals surface area (Å²) in [6, 6.07) is 0.728. The third kappa shape index (κ3) is 5.85. The van der Waals surface area contributed by atoms with Gasteiger partial charge in [-0.3, -0.25) is 4.90 Å². The van der Waals surface area contributed by atoms with E-state index >= 15 is 0 Å². The van der Waals surface area contributed by atoms with Gasteiger partial charge in [0.2, 0.25) is 0 Å². The zero-order valence-electron chi connectivity index (χ0n) is 14.7. The van der Waals surface area contributed by atoms with Crippen molar-refractivity contribution in [1.29, 1.82) is 0 Å². The molecule has 21 heavy (non-hydrogen) atoms. The number of hydrogen-bond acceptors (Lipinski definition) is 4. The molecule has 0 bridgehead atoms. The van der Waals surface area contributed by atoms with Crippen LogP contribution in [-0.2, 0) is 0 Å². The van der Waals surface area contributed by atoms with Gasteiger partial charge in [-0.2, -0.15) is 0 Å². The molecule has 0 spiro atoms. The van der Waals surface area contributed by atoms with Gasteiger partial charge in [0.15, 0.2) is 0 Å². The molecule has 4 heteroatoms. The maximum atomic E-state index is 2.71. The van der Waals surface area contributed by atoms with E-state index in [1.54, 1.807) is 0 Å². The van der Waals surface area contributed by atoms with Gasteiger partial charge in [-0.25, -0.2) is 0 Å². The Morgan fingerprint density at radius 1 is 0.905 bits per heavy atom. The minimum Gasteiger partial charge on any atom is -0.308 e. The van der Waals surface area contributed by atoms with Gasteiger partial charge < -0.3 is 14.7 Å². The molecule has 0 saturated carbocycles. The first-order valence-electron chi connectivity index (χ1n) is 8.88. The summed E-state index contributed by atoms with van der Waals surface area (Å²) in [5.41, 5.74) is 0. The molecule has 2 aliphatic rings. The normalized spacial score (nSPS) is 24.3. The molecular formula is C17H36N4. The lowest BCUT2D eigenvalue weighted by atomic mass is 9.95. The van der Waals surface area contributed by atoms with Crippen molar-refractivity contribution in [3.8, 4) is 0 Å². The van der Waals surface area contributed by atoms with Crippen molar-refractivity contribution in [2.75, 3.05) is 73.0 Å². The van der Waals surface area contributed by atoms with E-state index in [9.17, 15) is 0 Å². The van der Waals surface area contributed by atoms with Crippen LogP contribution in [0.3, 0.4) is 0 Å². The van der Waals surface area contributed by atoms with E-state index in [0.29, 0.717) is 0 Å². The van der Waals surface area contributed by atoms with Gasteiger partial charge in [-0.15, -0.1) is 0 Å². The number of likely N-dealkylation sites (tertiary alicyclic amines) is 1. The lowest BCUT2D eigenvalue weighted by Gasteiger charge is -2.40. The molecule has 0 atom stereocenters. The predicted octanol–water partition coefficient (Wildman–Crippen LogP) is 1.29. The van der Waals surface area contributed by atoms with Crippen molar-refractivity contribution in [2.24, 2.45) is 5.92 Å². The highest BCUT2D eigenvalue weighted by Gasteiger charge is 2.24. The van der Waals surface area contributed by atoms with Crippen molar-refractivity contribution in [3.05, 3.63) is 0 Å². The third-order valence-corrected chi connectivity index (χ3v) is 5.22. The Morgan fingerprint density at radius 3 is 2.00 bits per heavy atom. The average molecular weight is 297 g/mol. The van der Waals surface area contributed by atoms with Crippen LogP contribution in [0.15, 0.2) is 0 Å². The zero-order valence-corrected chi connectivity index (χ0v) is 14.7. The number of hydrogen-bond donors (Lipinski definition) is 0. The first-order chi connectivity index (χ1) is 10.0. The van der Waals surface area contributed by atoms with Crippen LogP contribution < -0.4 is 0 Å². The number of piperazine rings is 1. The first kappa shape index (κ1) is 17.2. The number of piperidine rings is 1. The maximum absolute atomic E-state index is 2.71. The van der Waals surface area contributed by atoms with Crippen molar-refractivity contribution < 1.29 is 0 Å². The second kappa shape index (κ2) is 8.47. The monoisotopic (exact) mass is 296 g/mol. The number of likely N-dealkylation sites (N-methyl/N-ethyl adjacent to an activating group) is 1. The summed E-state index contributed by atoms with van der Waals surface area (Å²) in [7, 11) is 4.33. The fourth-order valence-corrected chi connectivity index (χ4v) is 3.55. The highest BCUT2D eigenvalue weighted by Crippen LogP contribution is 2.20. The summed E-state index contributed by atoms with van der Waals surface area (Å²) in [6.07, 6.45) is 2.80. The molecule has 4 nitrogen and oxygen atoms in total. The molecule has 124 valence electrons. The van der Waals surface area contributed by atoms with Crippen LogP contribution in [-0.4, -0.2) is 98.6 Å². The van der Waals surface area contributed by atoms with E-state index < -0.39 is 0 Å². The smallest absolute Gasteiger partial charge is 0.0110 e. The summed E-state index contributed by atoms with van der Waals surface area (Å²) in [4.78, 5) is 10.3. The topological polar surface area (TPSA) is 13.0 Å². The van der Waals surface area contributed by atoms with E-state index in [2.05, 4.69) is 47.5 Å². The van der Waals surface area contributed by atoms with Gasteiger partial charge in [-0.05, 0) is 59.8 Å². The lowest BCUT2D eigenvalue weighted by Crippen LogP contribution is -2.50. The maximum Gasteiger partial charge on any atom is 0.0110 e. The lowest BCUT2D eigenvalue weighted by molar-refractivity contribution is 0.0849. The Hall–Kier alpha value is -0.160. The summed E-state index contributed by atoms with van der Waals surface area (Å²) >= 11 is 0. The summed E-state index contributed by atoms with van der Waals surface area (Å²) in [5.74, 6) is 0.938. The SMILES string of the molecule is CC(C)N1CCC(CN2CCN(CCN(C)C)CC2)CC1. The molecule has 2 fully saturated rings. The molecule has 0 aromatic carbocycles. The van der Waals surface area contributed by atoms with E-state index in [1.807, 2.05) is 0 Å². The molecule has 0 aromatic rings. The summed E-state index contributed by atoms with van der Waals surface area (Å²) < 4.78 is 0. The van der Waals surface area contributed by atoms with Crippen molar-refractivity contribution in [3.63, 3.8) is 0 Å². The van der Waals surface area contributed by atoms with Gasteiger partial charge in [0, 0.05) is 51.9 Å². The van der Waals surface area contributed by atoms with E-state index in [4.69, 9.17) is 0 Å². The second-order valence-electron chi connectivity index (χ2n) is 7.52. The Labute approximate surface area is 132 Å². The Balaban J connectivity index is 1.61. The molecule has 0 unspecified atom stereocenters. The molecule has 2 aliphatic heterocycles. The Morgan fingerprint density at radius 2 is 1.48 bits per heavy atom. The fourth-order valence-electron chi connectivity index (χ4n) is 3.55. The third-order valence-electron chi connectivity index (χ3n) is 5.22. The molecule has 0 aliphatic carbocycles. The van der Waals surface area contributed by atoms with Crippen LogP contribution in [0.4, 0.5) is 0 Å². The molecule has 2 heterocycles. The molecule has 2 rings (SSSR count). The highest BCUT2D eigenvalue weighted by molar-refractivity contribution is 4.79. The van der Waals surface area contributed by atoms with Crippen molar-refractivity contribution in [1.82, 2.24) is 19.6 Å². The zero-order chi connectivity index (χ0) is 15.2. The van der Waals surface area contributed by atoms with Crippen LogP contribution in [0.1, 0.15) is 26.7 Å². The number of rotatable bonds is 6. The van der Waals surface area contributed by atoms with E-state index in [1.165, 1.54) is 71.7 Å². The first-order valence-corrected chi connectivity index (χ1v) is 8.88. The Kier molecular flexibility index (Phi) is 6.93. The van der Waals surface area contributed by atoms with Crippen molar-refractivity contribution in [2.45, 2.75) is 32.7 Å². The quantitative estimate of drug-likeness (QED) is 0.732. The largest absolute Gasteiger partial charge is 0.308 e. The van der Waals surface area contributed by atoms with E-state index in [-0.39, 0.29) is 0 Å². The minimum atomic E-state index is 0.728.